The van der Waals surface area contributed by atoms with Gasteiger partial charge in [0.2, 0.25) is 0 Å². The van der Waals surface area contributed by atoms with E-state index in [0.29, 0.717) is 18.2 Å². The molecule has 0 aromatic heterocycles. The Morgan fingerprint density at radius 2 is 0.791 bits per heavy atom. The first-order valence-electron chi connectivity index (χ1n) is 15.3. The predicted molar refractivity (Wildman–Crippen MR) is 144 cm³/mol. The van der Waals surface area contributed by atoms with Crippen LogP contribution in [-0.2, 0) is 20.1 Å². The van der Waals surface area contributed by atoms with E-state index in [2.05, 4.69) is 18.2 Å². The topological polar surface area (TPSA) is 49.8 Å². The summed E-state index contributed by atoms with van der Waals surface area (Å²) in [7, 11) is 0. The minimum atomic E-state index is -1.69. The second-order valence-electron chi connectivity index (χ2n) is 8.44. The Labute approximate surface area is 268 Å². The van der Waals surface area contributed by atoms with Crippen molar-refractivity contribution in [1.29, 1.82) is 0 Å². The van der Waals surface area contributed by atoms with E-state index in [1.54, 1.807) is 18.2 Å². The monoisotopic (exact) mass is 778 g/mol. The molecule has 0 saturated carbocycles. The van der Waals surface area contributed by atoms with Gasteiger partial charge in [-0.05, 0) is 36.4 Å². The van der Waals surface area contributed by atoms with Gasteiger partial charge in [0.15, 0.2) is 0 Å². The average molecular weight is 778 g/mol. The van der Waals surface area contributed by atoms with Crippen LogP contribution in [0.4, 0.5) is 26.3 Å². The maximum Gasteiger partial charge on any atom is 3.00 e. The molecule has 0 radical (unpaired) electrons. The van der Waals surface area contributed by atoms with E-state index in [-0.39, 0.29) is 52.7 Å². The first-order valence-corrected chi connectivity index (χ1v) is 12.3. The van der Waals surface area contributed by atoms with Crippen molar-refractivity contribution in [3.8, 4) is 0 Å². The summed E-state index contributed by atoms with van der Waals surface area (Å²) in [5.74, 6) is -4.62. The fourth-order valence-electron chi connectivity index (χ4n) is 3.60. The van der Waals surface area contributed by atoms with Crippen molar-refractivity contribution in [3.05, 3.63) is 179 Å². The zero-order chi connectivity index (χ0) is 35.3. The molecule has 0 saturated heterocycles. The third kappa shape index (κ3) is 9.88. The van der Waals surface area contributed by atoms with E-state index in [1.165, 1.54) is 55.0 Å². The molecule has 3 aromatic carbocycles. The summed E-state index contributed by atoms with van der Waals surface area (Å²) in [4.78, 5) is 0. The van der Waals surface area contributed by atoms with Gasteiger partial charge in [-0.25, -0.2) is 62.8 Å². The summed E-state index contributed by atoms with van der Waals surface area (Å²) in [5, 5.41) is -0.290. The maximum atomic E-state index is 13.5. The Morgan fingerprint density at radius 3 is 1.02 bits per heavy atom. The van der Waals surface area contributed by atoms with Crippen LogP contribution in [0.3, 0.4) is 0 Å². The van der Waals surface area contributed by atoms with Gasteiger partial charge < -0.3 is 15.9 Å². The quantitative estimate of drug-likeness (QED) is 0.262. The fourth-order valence-corrected chi connectivity index (χ4v) is 3.60. The molecule has 6 atom stereocenters. The number of hydrogen-bond donors (Lipinski definition) is 3. The van der Waals surface area contributed by atoms with E-state index in [1.807, 2.05) is 0 Å². The van der Waals surface area contributed by atoms with E-state index < -0.39 is 53.0 Å². The number of halogens is 6. The van der Waals surface area contributed by atoms with Crippen molar-refractivity contribution >= 4 is 0 Å². The number of benzene rings is 3. The van der Waals surface area contributed by atoms with Gasteiger partial charge in [-0.2, -0.15) is 18.2 Å². The number of allylic oxidation sites excluding steroid dienone is 6. The molecule has 222 valence electrons. The first-order chi connectivity index (χ1) is 22.6. The van der Waals surface area contributed by atoms with Gasteiger partial charge in [-0.15, -0.1) is 0 Å². The molecule has 3 heterocycles. The van der Waals surface area contributed by atoms with Crippen LogP contribution in [0, 0.1) is 53.1 Å². The van der Waals surface area contributed by atoms with Crippen molar-refractivity contribution in [1.82, 2.24) is 0 Å². The van der Waals surface area contributed by atoms with Crippen molar-refractivity contribution in [2.24, 2.45) is 0 Å². The van der Waals surface area contributed by atoms with Crippen LogP contribution in [0.2, 0.25) is 4.24 Å². The van der Waals surface area contributed by atoms with E-state index in [0.717, 1.165) is 18.2 Å². The molecule has 3 aliphatic heterocycles. The van der Waals surface area contributed by atoms with Gasteiger partial charge >= 0.3 is 24.3 Å². The minimum Gasteiger partial charge on any atom is -0.340 e. The Kier molecular flexibility index (Phi) is 10.0. The first kappa shape index (κ1) is 25.7. The van der Waals surface area contributed by atoms with Crippen LogP contribution in [0.1, 0.15) is 38.9 Å². The van der Waals surface area contributed by atoms with E-state index in [9.17, 15) is 26.3 Å². The van der Waals surface area contributed by atoms with Crippen LogP contribution in [0.5, 0.6) is 0 Å². The van der Waals surface area contributed by atoms with Crippen molar-refractivity contribution in [2.75, 3.05) is 0 Å². The van der Waals surface area contributed by atoms with Crippen LogP contribution in [-0.4, -0.2) is 0 Å². The summed E-state index contributed by atoms with van der Waals surface area (Å²) in [5.41, 5.74) is -0.210. The number of quaternary nitrogens is 3. The number of nitrogens with two attached hydrogens (primary N) is 3. The minimum absolute atomic E-state index is 0. The molecule has 0 aliphatic carbocycles. The van der Waals surface area contributed by atoms with Gasteiger partial charge in [-0.3, -0.25) is 0 Å². The summed E-state index contributed by atoms with van der Waals surface area (Å²) in [6.07, 6.45) is 21.0. The molecule has 0 spiro atoms. The molecule has 3 aliphatic rings. The predicted octanol–water partition coefficient (Wildman–Crippen LogP) is 4.37. The summed E-state index contributed by atoms with van der Waals surface area (Å²) < 4.78 is 126. The summed E-state index contributed by atoms with van der Waals surface area (Å²) >= 11 is 0. The normalized spacial score (nSPS) is 31.8. The van der Waals surface area contributed by atoms with Crippen molar-refractivity contribution in [3.63, 3.8) is 0 Å². The Bertz CT molecular complexity index is 1630. The second kappa shape index (κ2) is 16.7. The zero-order valence-corrected chi connectivity index (χ0v) is 24.4. The molecule has 0 fully saturated rings. The standard InChI is InChI=1S/3C11H8F2N.Ir/c3*12-8-4-5-9(10(13)7-8)11-3-1-2-6-14-11;/h3*1-2,4-7,11,14H;/q3*-1;+3/p+3/i3*11D;/hD3. The van der Waals surface area contributed by atoms with Gasteiger partial charge in [-0.1, -0.05) is 0 Å². The zero-order valence-electron chi connectivity index (χ0n) is 28.0. The molecular weight excluding hydrogens is 745 g/mol. The molecule has 0 bridgehead atoms. The molecule has 43 heavy (non-hydrogen) atoms. The average Bonchev–Trinajstić information content (AvgIpc) is 3.02. The largest absolute Gasteiger partial charge is 3.00 e. The van der Waals surface area contributed by atoms with Gasteiger partial charge in [0.25, 0.3) is 0 Å². The van der Waals surface area contributed by atoms with Gasteiger partial charge in [0.1, 0.15) is 34.9 Å². The second-order valence-corrected chi connectivity index (χ2v) is 8.44. The Morgan fingerprint density at radius 1 is 0.512 bits per heavy atom. The third-order valence-electron chi connectivity index (χ3n) is 5.54. The number of rotatable bonds is 3. The molecule has 3 nitrogen and oxygen atoms in total. The van der Waals surface area contributed by atoms with Gasteiger partial charge in [0, 0.05) is 53.5 Å². The van der Waals surface area contributed by atoms with E-state index >= 15 is 0 Å². The molecule has 10 heteroatoms. The molecule has 6 unspecified atom stereocenters. The number of hydrogen-bond acceptors (Lipinski definition) is 0. The molecule has 6 rings (SSSR count). The van der Waals surface area contributed by atoms with Crippen molar-refractivity contribution < 1.29 is 70.7 Å². The Hall–Kier alpha value is -3.79. The van der Waals surface area contributed by atoms with Crippen molar-refractivity contribution in [2.45, 2.75) is 18.1 Å². The molecule has 0 amide bonds. The van der Waals surface area contributed by atoms with Gasteiger partial charge in [0.05, 0.1) is 22.2 Å². The SMILES string of the molecule is [2H][NH+]1C=CC=[C-]C1([2H])c1ccc(F)cc1F.[2H][NH+]1C=CC=[C-]C1([2H])c1ccc(F)cc1F.[2H][NH+]1C=CC=[C-]C1([2H])c1ccc(F)cc1F.[Ir+3]. The third-order valence-corrected chi connectivity index (χ3v) is 5.54. The Balaban J connectivity index is 0.000000197. The molecular formula is C33H27F6IrN3+3. The smallest absolute Gasteiger partial charge is 0.340 e. The fraction of sp³-hybridized carbons (Fsp3) is 0.0909. The summed E-state index contributed by atoms with van der Waals surface area (Å²) in [6.45, 7) is 0. The van der Waals surface area contributed by atoms with Crippen LogP contribution in [0.15, 0.2) is 110 Å². The van der Waals surface area contributed by atoms with Crippen LogP contribution in [0.25, 0.3) is 0 Å². The van der Waals surface area contributed by atoms with E-state index in [4.69, 9.17) is 8.35 Å². The summed E-state index contributed by atoms with van der Waals surface area (Å²) in [6, 6.07) is 3.79. The maximum absolute atomic E-state index is 13.5. The van der Waals surface area contributed by atoms with Crippen LogP contribution >= 0.6 is 0 Å². The molecule has 3 aromatic rings. The molecule has 6 N–H and O–H groups in total. The van der Waals surface area contributed by atoms with Crippen LogP contribution < -0.4 is 15.9 Å².